The fraction of sp³-hybridized carbons (Fsp3) is 0.857. The molecule has 0 saturated carbocycles. The maximum Gasteiger partial charge on any atom is 0.323 e. The highest BCUT2D eigenvalue weighted by Gasteiger charge is 2.19. The minimum Gasteiger partial charge on any atom is -0.468 e. The number of methoxy groups -OCH3 is 1. The number of ether oxygens (including phenoxy) is 1. The molecule has 0 rings (SSSR count). The maximum absolute atomic E-state index is 10.9. The number of nitrogens with one attached hydrogen (secondary N) is 1. The Hall–Kier alpha value is -0.570. The van der Waals surface area contributed by atoms with Crippen molar-refractivity contribution in [2.75, 3.05) is 14.2 Å². The van der Waals surface area contributed by atoms with Gasteiger partial charge in [0.25, 0.3) is 0 Å². The summed E-state index contributed by atoms with van der Waals surface area (Å²) in [4.78, 5) is 10.9. The van der Waals surface area contributed by atoms with Crippen molar-refractivity contribution in [3.05, 3.63) is 0 Å². The summed E-state index contributed by atoms with van der Waals surface area (Å²) in [5, 5.41) is 2.88. The van der Waals surface area contributed by atoms with Crippen molar-refractivity contribution in [3.8, 4) is 0 Å². The molecule has 1 unspecified atom stereocenters. The van der Waals surface area contributed by atoms with E-state index in [9.17, 15) is 4.79 Å². The van der Waals surface area contributed by atoms with Crippen molar-refractivity contribution in [3.63, 3.8) is 0 Å². The Morgan fingerprint density at radius 1 is 1.50 bits per heavy atom. The first-order valence-electron chi connectivity index (χ1n) is 3.38. The zero-order chi connectivity index (χ0) is 8.15. The van der Waals surface area contributed by atoms with Gasteiger partial charge in [0.2, 0.25) is 0 Å². The van der Waals surface area contributed by atoms with Gasteiger partial charge in [0, 0.05) is 0 Å². The number of hydrogen-bond acceptors (Lipinski definition) is 3. The highest BCUT2D eigenvalue weighted by Crippen LogP contribution is 2.01. The molecule has 0 heterocycles. The Morgan fingerprint density at radius 3 is 2.10 bits per heavy atom. The molecule has 0 aliphatic carbocycles. The third-order valence-electron chi connectivity index (χ3n) is 1.43. The lowest BCUT2D eigenvalue weighted by Crippen LogP contribution is -2.39. The lowest BCUT2D eigenvalue weighted by Gasteiger charge is -2.16. The first kappa shape index (κ1) is 9.43. The molecule has 0 spiro atoms. The molecule has 3 nitrogen and oxygen atoms in total. The topological polar surface area (TPSA) is 38.3 Å². The molecular formula is C7H15NO2. The van der Waals surface area contributed by atoms with Gasteiger partial charge >= 0.3 is 5.97 Å². The Balaban J connectivity index is 3.93. The molecule has 0 aliphatic rings. The van der Waals surface area contributed by atoms with E-state index in [1.807, 2.05) is 13.8 Å². The van der Waals surface area contributed by atoms with Gasteiger partial charge in [-0.15, -0.1) is 0 Å². The normalized spacial score (nSPS) is 13.3. The van der Waals surface area contributed by atoms with Crippen molar-refractivity contribution in [2.45, 2.75) is 19.9 Å². The summed E-state index contributed by atoms with van der Waals surface area (Å²) in [7, 11) is 3.15. The SMILES string of the molecule is CNC(C(=O)OC)C(C)C. The Labute approximate surface area is 61.8 Å². The van der Waals surface area contributed by atoms with Gasteiger partial charge in [0.1, 0.15) is 6.04 Å². The van der Waals surface area contributed by atoms with Crippen LogP contribution in [0.2, 0.25) is 0 Å². The molecule has 0 saturated heterocycles. The summed E-state index contributed by atoms with van der Waals surface area (Å²) in [6, 6.07) is -0.176. The molecule has 0 aromatic heterocycles. The van der Waals surface area contributed by atoms with Crippen LogP contribution < -0.4 is 5.32 Å². The highest BCUT2D eigenvalue weighted by molar-refractivity contribution is 5.75. The van der Waals surface area contributed by atoms with Gasteiger partial charge in [-0.3, -0.25) is 4.79 Å². The molecule has 0 aromatic rings. The standard InChI is InChI=1S/C7H15NO2/c1-5(2)6(8-3)7(9)10-4/h5-6,8H,1-4H3. The molecule has 1 N–H and O–H groups in total. The van der Waals surface area contributed by atoms with E-state index in [0.29, 0.717) is 0 Å². The molecule has 1 atom stereocenters. The lowest BCUT2D eigenvalue weighted by molar-refractivity contribution is -0.144. The van der Waals surface area contributed by atoms with Crippen molar-refractivity contribution >= 4 is 5.97 Å². The number of carbonyl (C=O) groups excluding carboxylic acids is 1. The van der Waals surface area contributed by atoms with E-state index in [1.165, 1.54) is 7.11 Å². The van der Waals surface area contributed by atoms with Crippen molar-refractivity contribution in [2.24, 2.45) is 5.92 Å². The predicted octanol–water partition coefficient (Wildman–Crippen LogP) is 0.403. The first-order chi connectivity index (χ1) is 4.63. The van der Waals surface area contributed by atoms with E-state index in [1.54, 1.807) is 7.05 Å². The van der Waals surface area contributed by atoms with Gasteiger partial charge in [0.15, 0.2) is 0 Å². The van der Waals surface area contributed by atoms with Crippen LogP contribution in [0.15, 0.2) is 0 Å². The Kier molecular flexibility index (Phi) is 4.03. The molecule has 0 radical (unpaired) electrons. The third kappa shape index (κ3) is 2.35. The van der Waals surface area contributed by atoms with Gasteiger partial charge in [-0.2, -0.15) is 0 Å². The van der Waals surface area contributed by atoms with Gasteiger partial charge in [-0.25, -0.2) is 0 Å². The monoisotopic (exact) mass is 145 g/mol. The minimum atomic E-state index is -0.197. The van der Waals surface area contributed by atoms with E-state index in [0.717, 1.165) is 0 Å². The van der Waals surface area contributed by atoms with Crippen LogP contribution >= 0.6 is 0 Å². The van der Waals surface area contributed by atoms with Crippen molar-refractivity contribution in [1.29, 1.82) is 0 Å². The second kappa shape index (κ2) is 4.28. The quantitative estimate of drug-likeness (QED) is 0.584. The second-order valence-corrected chi connectivity index (χ2v) is 2.53. The minimum absolute atomic E-state index is 0.176. The van der Waals surface area contributed by atoms with Crippen LogP contribution in [-0.4, -0.2) is 26.2 Å². The van der Waals surface area contributed by atoms with Crippen LogP contribution in [0.5, 0.6) is 0 Å². The van der Waals surface area contributed by atoms with Crippen LogP contribution in [0, 0.1) is 5.92 Å². The fourth-order valence-electron chi connectivity index (χ4n) is 0.850. The van der Waals surface area contributed by atoms with Crippen LogP contribution in [0.25, 0.3) is 0 Å². The summed E-state index contributed by atoms with van der Waals surface area (Å²) in [5.41, 5.74) is 0. The van der Waals surface area contributed by atoms with E-state index in [4.69, 9.17) is 0 Å². The van der Waals surface area contributed by atoms with Crippen LogP contribution in [0.3, 0.4) is 0 Å². The van der Waals surface area contributed by atoms with E-state index in [-0.39, 0.29) is 17.9 Å². The highest BCUT2D eigenvalue weighted by atomic mass is 16.5. The summed E-state index contributed by atoms with van der Waals surface area (Å²) >= 11 is 0. The van der Waals surface area contributed by atoms with Gasteiger partial charge in [0.05, 0.1) is 7.11 Å². The first-order valence-corrected chi connectivity index (χ1v) is 3.38. The molecule has 3 heteroatoms. The summed E-state index contributed by atoms with van der Waals surface area (Å²) < 4.78 is 4.56. The molecule has 0 fully saturated rings. The van der Waals surface area contributed by atoms with Crippen molar-refractivity contribution in [1.82, 2.24) is 5.32 Å². The summed E-state index contributed by atoms with van der Waals surface area (Å²) in [5.74, 6) is 0.0787. The largest absolute Gasteiger partial charge is 0.468 e. The van der Waals surface area contributed by atoms with Gasteiger partial charge in [-0.05, 0) is 13.0 Å². The molecular weight excluding hydrogens is 130 g/mol. The average Bonchev–Trinajstić information content (AvgIpc) is 1.88. The average molecular weight is 145 g/mol. The van der Waals surface area contributed by atoms with Crippen LogP contribution in [0.1, 0.15) is 13.8 Å². The summed E-state index contributed by atoms with van der Waals surface area (Å²) in [6.07, 6.45) is 0. The zero-order valence-electron chi connectivity index (χ0n) is 6.97. The Morgan fingerprint density at radius 2 is 2.00 bits per heavy atom. The van der Waals surface area contributed by atoms with Crippen molar-refractivity contribution < 1.29 is 9.53 Å². The van der Waals surface area contributed by atoms with E-state index in [2.05, 4.69) is 10.1 Å². The Bertz CT molecular complexity index is 112. The lowest BCUT2D eigenvalue weighted by atomic mass is 10.1. The molecule has 0 bridgehead atoms. The molecule has 0 amide bonds. The molecule has 0 aromatic carbocycles. The maximum atomic E-state index is 10.9. The third-order valence-corrected chi connectivity index (χ3v) is 1.43. The smallest absolute Gasteiger partial charge is 0.323 e. The van der Waals surface area contributed by atoms with Crippen LogP contribution in [-0.2, 0) is 9.53 Å². The van der Waals surface area contributed by atoms with Gasteiger partial charge < -0.3 is 10.1 Å². The predicted molar refractivity (Wildman–Crippen MR) is 39.7 cm³/mol. The molecule has 10 heavy (non-hydrogen) atoms. The number of rotatable bonds is 3. The second-order valence-electron chi connectivity index (χ2n) is 2.53. The molecule has 60 valence electrons. The van der Waals surface area contributed by atoms with E-state index >= 15 is 0 Å². The van der Waals surface area contributed by atoms with Gasteiger partial charge in [-0.1, -0.05) is 13.8 Å². The fourth-order valence-corrected chi connectivity index (χ4v) is 0.850. The number of esters is 1. The number of likely N-dealkylation sites (N-methyl/N-ethyl adjacent to an activating group) is 1. The van der Waals surface area contributed by atoms with E-state index < -0.39 is 0 Å². The summed E-state index contributed by atoms with van der Waals surface area (Å²) in [6.45, 7) is 3.94. The van der Waals surface area contributed by atoms with Crippen LogP contribution in [0.4, 0.5) is 0 Å². The number of hydrogen-bond donors (Lipinski definition) is 1. The zero-order valence-corrected chi connectivity index (χ0v) is 6.97. The molecule has 0 aliphatic heterocycles. The number of carbonyl (C=O) groups is 1.